The second kappa shape index (κ2) is 14.9. The molecule has 6 heteroatoms. The molecule has 2 aromatic heterocycles. The van der Waals surface area contributed by atoms with Crippen molar-refractivity contribution in [1.29, 1.82) is 0 Å². The molecule has 0 aliphatic carbocycles. The number of benzene rings is 9. The molecule has 0 spiro atoms. The maximum absolute atomic E-state index is 5.20. The molecule has 0 atom stereocenters. The van der Waals surface area contributed by atoms with Crippen LogP contribution in [0, 0.1) is 13.8 Å². The number of rotatable bonds is 8. The summed E-state index contributed by atoms with van der Waals surface area (Å²) in [6, 6.07) is 69.9. The highest BCUT2D eigenvalue weighted by atomic mass is 32.1. The van der Waals surface area contributed by atoms with Gasteiger partial charge in [0.05, 0.1) is 20.4 Å². The van der Waals surface area contributed by atoms with Crippen molar-refractivity contribution in [3.8, 4) is 22.3 Å². The zero-order chi connectivity index (χ0) is 40.2. The summed E-state index contributed by atoms with van der Waals surface area (Å²) < 4.78 is 2.31. The van der Waals surface area contributed by atoms with E-state index in [1.54, 1.807) is 22.7 Å². The molecule has 0 aliphatic heterocycles. The Morgan fingerprint density at radius 1 is 0.350 bits per heavy atom. The summed E-state index contributed by atoms with van der Waals surface area (Å²) in [5, 5.41) is 6.55. The zero-order valence-electron chi connectivity index (χ0n) is 33.1. The molecule has 0 fully saturated rings. The first-order valence-electron chi connectivity index (χ1n) is 20.1. The SMILES string of the molecule is Cc1ccc(-c2c(-c3ccc(C)cc3)c3ccc(N(c4ccccc4)c4nc5ccccc5s4)cc3c3cc(N(c4ccccc4)c4nc5ccccc5s4)ccc23)cc1. The lowest BCUT2D eigenvalue weighted by Gasteiger charge is -2.26. The van der Waals surface area contributed by atoms with Crippen molar-refractivity contribution in [2.45, 2.75) is 13.8 Å². The van der Waals surface area contributed by atoms with E-state index in [-0.39, 0.29) is 0 Å². The van der Waals surface area contributed by atoms with E-state index in [4.69, 9.17) is 9.97 Å². The first kappa shape index (κ1) is 36.0. The van der Waals surface area contributed by atoms with E-state index in [1.165, 1.54) is 44.2 Å². The van der Waals surface area contributed by atoms with Crippen LogP contribution in [0.4, 0.5) is 33.0 Å². The number of para-hydroxylation sites is 4. The van der Waals surface area contributed by atoms with Gasteiger partial charge in [0.25, 0.3) is 0 Å². The van der Waals surface area contributed by atoms with Gasteiger partial charge in [-0.3, -0.25) is 9.80 Å². The third kappa shape index (κ3) is 6.38. The Hall–Kier alpha value is -7.12. The average molecular weight is 807 g/mol. The van der Waals surface area contributed by atoms with Crippen LogP contribution in [0.25, 0.3) is 64.2 Å². The smallest absolute Gasteiger partial charge is 0.195 e. The van der Waals surface area contributed by atoms with E-state index in [2.05, 4.69) is 218 Å². The van der Waals surface area contributed by atoms with Gasteiger partial charge in [-0.25, -0.2) is 9.97 Å². The van der Waals surface area contributed by atoms with Gasteiger partial charge >= 0.3 is 0 Å². The summed E-state index contributed by atoms with van der Waals surface area (Å²) in [7, 11) is 0. The molecule has 11 aromatic rings. The monoisotopic (exact) mass is 806 g/mol. The van der Waals surface area contributed by atoms with Crippen LogP contribution in [0.3, 0.4) is 0 Å². The number of anilines is 6. The second-order valence-corrected chi connectivity index (χ2v) is 17.2. The van der Waals surface area contributed by atoms with Crippen molar-refractivity contribution in [3.63, 3.8) is 0 Å². The fourth-order valence-corrected chi connectivity index (χ4v) is 10.4. The number of thiazole rings is 2. The molecule has 0 bridgehead atoms. The summed E-state index contributed by atoms with van der Waals surface area (Å²) in [5.41, 5.74) is 13.5. The molecule has 0 aliphatic rings. The van der Waals surface area contributed by atoms with Crippen LogP contribution >= 0.6 is 22.7 Å². The van der Waals surface area contributed by atoms with Crippen molar-refractivity contribution < 1.29 is 0 Å². The Bertz CT molecular complexity index is 3040. The largest absolute Gasteiger partial charge is 0.286 e. The molecular formula is C54H38N4S2. The predicted octanol–water partition coefficient (Wildman–Crippen LogP) is 16.1. The van der Waals surface area contributed by atoms with E-state index >= 15 is 0 Å². The molecule has 0 N–H and O–H groups in total. The molecule has 0 amide bonds. The molecule has 2 heterocycles. The van der Waals surface area contributed by atoms with Crippen LogP contribution in [0.1, 0.15) is 11.1 Å². The van der Waals surface area contributed by atoms with Crippen molar-refractivity contribution in [2.75, 3.05) is 9.80 Å². The highest BCUT2D eigenvalue weighted by molar-refractivity contribution is 7.22. The van der Waals surface area contributed by atoms with Crippen LogP contribution in [0.2, 0.25) is 0 Å². The third-order valence-electron chi connectivity index (χ3n) is 11.3. The van der Waals surface area contributed by atoms with Crippen LogP contribution in [0.15, 0.2) is 194 Å². The number of hydrogen-bond acceptors (Lipinski definition) is 6. The second-order valence-electron chi connectivity index (χ2n) is 15.2. The van der Waals surface area contributed by atoms with Gasteiger partial charge in [-0.2, -0.15) is 0 Å². The lowest BCUT2D eigenvalue weighted by molar-refractivity contribution is 1.25. The van der Waals surface area contributed by atoms with Crippen molar-refractivity contribution in [3.05, 3.63) is 205 Å². The fraction of sp³-hybridized carbons (Fsp3) is 0.0370. The van der Waals surface area contributed by atoms with E-state index in [0.29, 0.717) is 0 Å². The van der Waals surface area contributed by atoms with Crippen molar-refractivity contribution >= 4 is 97.7 Å². The van der Waals surface area contributed by atoms with E-state index in [9.17, 15) is 0 Å². The van der Waals surface area contributed by atoms with Gasteiger partial charge in [-0.05, 0) is 130 Å². The molecule has 0 saturated heterocycles. The minimum absolute atomic E-state index is 0.924. The Morgan fingerprint density at radius 2 is 0.733 bits per heavy atom. The molecule has 0 saturated carbocycles. The summed E-state index contributed by atoms with van der Waals surface area (Å²) in [5.74, 6) is 0. The quantitative estimate of drug-likeness (QED) is 0.143. The van der Waals surface area contributed by atoms with Gasteiger partial charge in [-0.15, -0.1) is 0 Å². The van der Waals surface area contributed by atoms with Gasteiger partial charge in [0.15, 0.2) is 10.3 Å². The first-order chi connectivity index (χ1) is 29.6. The molecular weight excluding hydrogens is 769 g/mol. The molecule has 11 rings (SSSR count). The fourth-order valence-electron chi connectivity index (χ4n) is 8.34. The van der Waals surface area contributed by atoms with Crippen molar-refractivity contribution in [1.82, 2.24) is 9.97 Å². The molecule has 9 aromatic carbocycles. The van der Waals surface area contributed by atoms with Gasteiger partial charge in [0.1, 0.15) is 0 Å². The maximum atomic E-state index is 5.20. The minimum Gasteiger partial charge on any atom is -0.286 e. The normalized spacial score (nSPS) is 11.5. The summed E-state index contributed by atoms with van der Waals surface area (Å²) in [4.78, 5) is 15.0. The zero-order valence-corrected chi connectivity index (χ0v) is 34.7. The topological polar surface area (TPSA) is 32.3 Å². The summed E-state index contributed by atoms with van der Waals surface area (Å²) in [6.07, 6.45) is 0. The van der Waals surface area contributed by atoms with Crippen LogP contribution in [-0.2, 0) is 0 Å². The number of hydrogen-bond donors (Lipinski definition) is 0. The highest BCUT2D eigenvalue weighted by Gasteiger charge is 2.24. The van der Waals surface area contributed by atoms with E-state index < -0.39 is 0 Å². The van der Waals surface area contributed by atoms with Gasteiger partial charge in [-0.1, -0.05) is 155 Å². The molecule has 60 heavy (non-hydrogen) atoms. The Morgan fingerprint density at radius 3 is 1.13 bits per heavy atom. The van der Waals surface area contributed by atoms with Crippen molar-refractivity contribution in [2.24, 2.45) is 0 Å². The minimum atomic E-state index is 0.924. The molecule has 4 nitrogen and oxygen atoms in total. The summed E-state index contributed by atoms with van der Waals surface area (Å²) in [6.45, 7) is 4.31. The Labute approximate surface area is 356 Å². The average Bonchev–Trinajstić information content (AvgIpc) is 3.92. The molecule has 286 valence electrons. The van der Waals surface area contributed by atoms with Gasteiger partial charge in [0, 0.05) is 22.7 Å². The van der Waals surface area contributed by atoms with E-state index in [0.717, 1.165) is 64.2 Å². The van der Waals surface area contributed by atoms with Gasteiger partial charge < -0.3 is 0 Å². The predicted molar refractivity (Wildman–Crippen MR) is 258 cm³/mol. The van der Waals surface area contributed by atoms with E-state index in [1.807, 2.05) is 0 Å². The number of fused-ring (bicyclic) bond motifs is 5. The number of nitrogens with zero attached hydrogens (tertiary/aromatic N) is 4. The molecule has 0 radical (unpaired) electrons. The van der Waals surface area contributed by atoms with Crippen LogP contribution in [-0.4, -0.2) is 9.97 Å². The Balaban J connectivity index is 1.24. The summed E-state index contributed by atoms with van der Waals surface area (Å²) >= 11 is 3.42. The standard InChI is InChI=1S/C54H38N4S2/c1-35-21-25-37(26-22-35)51-43-31-29-41(57(39-13-5-3-6-14-39)53-55-47-17-9-11-19-49(47)59-53)33-45(43)46-34-42(30-32-44(46)52(51)38-27-23-36(2)24-28-38)58(40-15-7-4-8-16-40)54-56-48-18-10-12-20-50(48)60-54/h3-34H,1-2H3. The lowest BCUT2D eigenvalue weighted by atomic mass is 9.84. The maximum Gasteiger partial charge on any atom is 0.195 e. The number of aryl methyl sites for hydroxylation is 2. The lowest BCUT2D eigenvalue weighted by Crippen LogP contribution is -2.10. The van der Waals surface area contributed by atoms with Crippen LogP contribution < -0.4 is 9.80 Å². The highest BCUT2D eigenvalue weighted by Crippen LogP contribution is 2.49. The number of aromatic nitrogens is 2. The third-order valence-corrected chi connectivity index (χ3v) is 13.3. The molecule has 0 unspecified atom stereocenters. The first-order valence-corrected chi connectivity index (χ1v) is 21.8. The van der Waals surface area contributed by atoms with Crippen LogP contribution in [0.5, 0.6) is 0 Å². The van der Waals surface area contributed by atoms with Gasteiger partial charge in [0.2, 0.25) is 0 Å². The Kier molecular flexibility index (Phi) is 8.95.